The number of amidine groups is 1. The van der Waals surface area contributed by atoms with Crippen LogP contribution in [0.4, 0.5) is 0 Å². The van der Waals surface area contributed by atoms with Crippen molar-refractivity contribution in [1.29, 1.82) is 0 Å². The molecule has 0 heterocycles. The van der Waals surface area contributed by atoms with Crippen molar-refractivity contribution in [2.24, 2.45) is 10.9 Å². The third-order valence-electron chi connectivity index (χ3n) is 5.10. The number of hydrogen-bond donors (Lipinski definition) is 1. The lowest BCUT2D eigenvalue weighted by Crippen LogP contribution is -2.52. The lowest BCUT2D eigenvalue weighted by Gasteiger charge is -2.31. The number of likely N-dealkylation sites (N-methyl/N-ethyl adjacent to an activating group) is 1. The number of carbonyl (C=O) groups excluding carboxylic acids is 1. The van der Waals surface area contributed by atoms with Gasteiger partial charge in [0.2, 0.25) is 0 Å². The number of aliphatic imine (C=N–C) groups is 1. The molecule has 0 aliphatic carbocycles. The molecular weight excluding hydrogens is 406 g/mol. The van der Waals surface area contributed by atoms with Gasteiger partial charge in [-0.1, -0.05) is 65.2 Å². The van der Waals surface area contributed by atoms with Gasteiger partial charge in [0.15, 0.2) is 0 Å². The highest BCUT2D eigenvalue weighted by Gasteiger charge is 2.21. The highest BCUT2D eigenvalue weighted by Crippen LogP contribution is 2.10. The van der Waals surface area contributed by atoms with Crippen LogP contribution < -0.4 is 10.4 Å². The summed E-state index contributed by atoms with van der Waals surface area (Å²) < 4.78 is 11.0. The van der Waals surface area contributed by atoms with Crippen molar-refractivity contribution >= 4 is 12.0 Å². The van der Waals surface area contributed by atoms with Gasteiger partial charge in [-0.2, -0.15) is 0 Å². The van der Waals surface area contributed by atoms with Crippen LogP contribution in [0, 0.1) is 5.92 Å². The first-order valence-electron chi connectivity index (χ1n) is 12.6. The van der Waals surface area contributed by atoms with Gasteiger partial charge in [0, 0.05) is 26.3 Å². The molecule has 0 unspecified atom stereocenters. The van der Waals surface area contributed by atoms with E-state index in [-0.39, 0.29) is 24.5 Å². The van der Waals surface area contributed by atoms with Crippen LogP contribution in [0.2, 0.25) is 0 Å². The number of quaternary nitrogens is 1. The number of ether oxygens (including phenoxy) is 2. The summed E-state index contributed by atoms with van der Waals surface area (Å²) >= 11 is 0. The van der Waals surface area contributed by atoms with Crippen LogP contribution in [-0.2, 0) is 14.3 Å². The van der Waals surface area contributed by atoms with Gasteiger partial charge in [0.1, 0.15) is 0 Å². The van der Waals surface area contributed by atoms with Crippen molar-refractivity contribution < 1.29 is 23.9 Å². The number of unbranched alkanes of at least 4 members (excludes halogenated alkanes) is 9. The minimum Gasteiger partial charge on any atom is -0.846 e. The maximum absolute atomic E-state index is 12.2. The van der Waals surface area contributed by atoms with Crippen molar-refractivity contribution in [3.05, 3.63) is 0 Å². The van der Waals surface area contributed by atoms with E-state index in [1.54, 1.807) is 7.11 Å². The first-order chi connectivity index (χ1) is 15.1. The Morgan fingerprint density at radius 3 is 1.97 bits per heavy atom. The van der Waals surface area contributed by atoms with Crippen molar-refractivity contribution in [2.45, 2.75) is 90.5 Å². The second-order valence-electron chi connectivity index (χ2n) is 10.3. The Labute approximate surface area is 197 Å². The van der Waals surface area contributed by atoms with Crippen molar-refractivity contribution in [3.8, 4) is 0 Å². The van der Waals surface area contributed by atoms with Gasteiger partial charge in [0.25, 0.3) is 0 Å². The standard InChI is InChI=1S/C25H51N3O4/c1-22(2)21-32-24(29)19-23(20-28(3,4)5)27-25(30)26-17-15-13-11-9-7-8-10-12-14-16-18-31-6/h22-23H,7-21H2,1-6H3,(H-,26,27,30)/t23-/m1/s1. The van der Waals surface area contributed by atoms with Gasteiger partial charge < -0.3 is 24.4 Å². The van der Waals surface area contributed by atoms with Crippen LogP contribution in [0.15, 0.2) is 4.99 Å². The van der Waals surface area contributed by atoms with Gasteiger partial charge in [0.05, 0.1) is 46.8 Å². The second-order valence-corrected chi connectivity index (χ2v) is 10.3. The number of rotatable bonds is 20. The Morgan fingerprint density at radius 1 is 0.938 bits per heavy atom. The van der Waals surface area contributed by atoms with E-state index in [4.69, 9.17) is 9.47 Å². The molecule has 7 nitrogen and oxygen atoms in total. The summed E-state index contributed by atoms with van der Waals surface area (Å²) in [6.45, 7) is 6.48. The number of hydrogen-bond acceptors (Lipinski definition) is 5. The highest BCUT2D eigenvalue weighted by atomic mass is 16.5. The van der Waals surface area contributed by atoms with Gasteiger partial charge in [-0.3, -0.25) is 9.79 Å². The van der Waals surface area contributed by atoms with E-state index < -0.39 is 0 Å². The van der Waals surface area contributed by atoms with Crippen molar-refractivity contribution in [1.82, 2.24) is 5.32 Å². The van der Waals surface area contributed by atoms with Gasteiger partial charge in [-0.05, 0) is 18.8 Å². The third kappa shape index (κ3) is 21.9. The SMILES string of the molecule is COCCCCCCCCCCCCN=C([O-])N[C@H](CC(=O)OCC(C)C)C[N+](C)(C)C. The van der Waals surface area contributed by atoms with Gasteiger partial charge >= 0.3 is 5.97 Å². The molecule has 0 aromatic carbocycles. The summed E-state index contributed by atoms with van der Waals surface area (Å²) in [5.41, 5.74) is 0. The molecule has 0 aromatic rings. The summed E-state index contributed by atoms with van der Waals surface area (Å²) in [6, 6.07) is -0.603. The van der Waals surface area contributed by atoms with E-state index in [1.165, 1.54) is 51.4 Å². The zero-order valence-electron chi connectivity index (χ0n) is 21.8. The molecule has 0 amide bonds. The fourth-order valence-electron chi connectivity index (χ4n) is 3.52. The molecule has 0 saturated carbocycles. The zero-order chi connectivity index (χ0) is 24.2. The van der Waals surface area contributed by atoms with E-state index in [9.17, 15) is 9.90 Å². The molecular formula is C25H51N3O4. The summed E-state index contributed by atoms with van der Waals surface area (Å²) in [7, 11) is 7.88. The fraction of sp³-hybridized carbons (Fsp3) is 0.920. The Bertz CT molecular complexity index is 490. The minimum absolute atomic E-state index is 0.176. The van der Waals surface area contributed by atoms with Crippen molar-refractivity contribution in [3.63, 3.8) is 0 Å². The smallest absolute Gasteiger partial charge is 0.308 e. The maximum Gasteiger partial charge on any atom is 0.308 e. The van der Waals surface area contributed by atoms with Crippen LogP contribution in [0.3, 0.4) is 0 Å². The molecule has 0 aromatic heterocycles. The van der Waals surface area contributed by atoms with E-state index in [1.807, 2.05) is 35.0 Å². The predicted octanol–water partition coefficient (Wildman–Crippen LogP) is 3.50. The molecule has 0 aliphatic heterocycles. The molecule has 0 spiro atoms. The molecule has 0 aliphatic rings. The topological polar surface area (TPSA) is 83.0 Å². The molecule has 0 bridgehead atoms. The van der Waals surface area contributed by atoms with Crippen LogP contribution in [-0.4, -0.2) is 77.1 Å². The molecule has 32 heavy (non-hydrogen) atoms. The normalized spacial score (nSPS) is 13.4. The number of esters is 1. The molecule has 0 saturated heterocycles. The number of nitrogens with one attached hydrogen (secondary N) is 1. The zero-order valence-corrected chi connectivity index (χ0v) is 21.8. The number of nitrogens with zero attached hydrogens (tertiary/aromatic N) is 2. The van der Waals surface area contributed by atoms with Gasteiger partial charge in [-0.15, -0.1) is 0 Å². The van der Waals surface area contributed by atoms with E-state index >= 15 is 0 Å². The van der Waals surface area contributed by atoms with E-state index in [2.05, 4.69) is 10.3 Å². The summed E-state index contributed by atoms with van der Waals surface area (Å²) in [5, 5.41) is 15.1. The lowest BCUT2D eigenvalue weighted by molar-refractivity contribution is -0.871. The lowest BCUT2D eigenvalue weighted by atomic mass is 10.1. The largest absolute Gasteiger partial charge is 0.846 e. The van der Waals surface area contributed by atoms with Crippen LogP contribution in [0.5, 0.6) is 0 Å². The summed E-state index contributed by atoms with van der Waals surface area (Å²) in [5.74, 6) is 0.0268. The van der Waals surface area contributed by atoms with E-state index in [0.717, 1.165) is 19.4 Å². The van der Waals surface area contributed by atoms with Crippen LogP contribution in [0.1, 0.15) is 84.5 Å². The average molecular weight is 458 g/mol. The average Bonchev–Trinajstić information content (AvgIpc) is 2.68. The summed E-state index contributed by atoms with van der Waals surface area (Å²) in [6.07, 6.45) is 12.3. The Morgan fingerprint density at radius 2 is 1.47 bits per heavy atom. The molecule has 0 fully saturated rings. The first kappa shape index (κ1) is 30.7. The van der Waals surface area contributed by atoms with E-state index in [0.29, 0.717) is 30.1 Å². The Hall–Kier alpha value is -1.34. The van der Waals surface area contributed by atoms with Gasteiger partial charge in [-0.25, -0.2) is 0 Å². The van der Waals surface area contributed by atoms with Crippen LogP contribution >= 0.6 is 0 Å². The predicted molar refractivity (Wildman–Crippen MR) is 131 cm³/mol. The number of carbonyl (C=O) groups is 1. The maximum atomic E-state index is 12.2. The Balaban J connectivity index is 4.02. The molecule has 190 valence electrons. The van der Waals surface area contributed by atoms with Crippen molar-refractivity contribution in [2.75, 3.05) is 54.6 Å². The second kappa shape index (κ2) is 19.2. The molecule has 1 atom stereocenters. The molecule has 0 radical (unpaired) electrons. The Kier molecular flexibility index (Phi) is 18.4. The fourth-order valence-corrected chi connectivity index (χ4v) is 3.52. The number of methoxy groups -OCH3 is 1. The third-order valence-corrected chi connectivity index (χ3v) is 5.10. The highest BCUT2D eigenvalue weighted by molar-refractivity contribution is 5.73. The molecule has 7 heteroatoms. The molecule has 1 N–H and O–H groups in total. The molecule has 0 rings (SSSR count). The quantitative estimate of drug-likeness (QED) is 0.0994. The summed E-state index contributed by atoms with van der Waals surface area (Å²) in [4.78, 5) is 16.2. The van der Waals surface area contributed by atoms with Crippen LogP contribution in [0.25, 0.3) is 0 Å². The minimum atomic E-state index is -0.325. The monoisotopic (exact) mass is 457 g/mol. The first-order valence-corrected chi connectivity index (χ1v) is 12.6.